The zero-order valence-corrected chi connectivity index (χ0v) is 12.4. The van der Waals surface area contributed by atoms with Crippen molar-refractivity contribution in [3.05, 3.63) is 40.3 Å². The van der Waals surface area contributed by atoms with Crippen LogP contribution in [0.2, 0.25) is 0 Å². The highest BCUT2D eigenvalue weighted by atomic mass is 16.5. The first-order valence-corrected chi connectivity index (χ1v) is 6.86. The lowest BCUT2D eigenvalue weighted by Crippen LogP contribution is -2.39. The monoisotopic (exact) mass is 289 g/mol. The third-order valence-corrected chi connectivity index (χ3v) is 3.20. The van der Waals surface area contributed by atoms with Gasteiger partial charge in [-0.15, -0.1) is 0 Å². The summed E-state index contributed by atoms with van der Waals surface area (Å²) in [6, 6.07) is 5.04. The summed E-state index contributed by atoms with van der Waals surface area (Å²) in [7, 11) is 1.56. The Labute approximate surface area is 122 Å². The van der Waals surface area contributed by atoms with Crippen LogP contribution in [0.15, 0.2) is 29.2 Å². The fourth-order valence-corrected chi connectivity index (χ4v) is 2.26. The number of nitrogens with one attached hydrogen (secondary N) is 1. The largest absolute Gasteiger partial charge is 0.383 e. The van der Waals surface area contributed by atoms with Gasteiger partial charge in [-0.3, -0.25) is 14.2 Å². The third kappa shape index (κ3) is 3.11. The summed E-state index contributed by atoms with van der Waals surface area (Å²) in [6.07, 6.45) is 1.63. The molecule has 6 nitrogen and oxygen atoms in total. The first-order chi connectivity index (χ1) is 10.1. The summed E-state index contributed by atoms with van der Waals surface area (Å²) in [5, 5.41) is 3.52. The van der Waals surface area contributed by atoms with Crippen molar-refractivity contribution in [2.45, 2.75) is 26.4 Å². The molecule has 1 amide bonds. The molecule has 0 bridgehead atoms. The summed E-state index contributed by atoms with van der Waals surface area (Å²) in [5.41, 5.74) is 0.387. The van der Waals surface area contributed by atoms with E-state index in [4.69, 9.17) is 4.74 Å². The van der Waals surface area contributed by atoms with Gasteiger partial charge in [0.1, 0.15) is 11.2 Å². The molecule has 1 atom stereocenters. The summed E-state index contributed by atoms with van der Waals surface area (Å²) in [4.78, 5) is 28.9. The van der Waals surface area contributed by atoms with Crippen molar-refractivity contribution in [1.29, 1.82) is 0 Å². The number of carbonyl (C=O) groups excluding carboxylic acids is 1. The maximum absolute atomic E-state index is 12.4. The van der Waals surface area contributed by atoms with Gasteiger partial charge in [-0.1, -0.05) is 0 Å². The molecule has 2 rings (SSSR count). The predicted octanol–water partition coefficient (Wildman–Crippen LogP) is 1.18. The number of aryl methyl sites for hydroxylation is 1. The van der Waals surface area contributed by atoms with Crippen LogP contribution in [-0.4, -0.2) is 35.2 Å². The Morgan fingerprint density at radius 2 is 2.29 bits per heavy atom. The van der Waals surface area contributed by atoms with Crippen molar-refractivity contribution in [2.75, 3.05) is 13.7 Å². The maximum Gasteiger partial charge on any atom is 0.265 e. The number of nitrogens with zero attached hydrogens (tertiary/aromatic N) is 2. The molecule has 1 N–H and O–H groups in total. The Morgan fingerprint density at radius 1 is 1.52 bits per heavy atom. The van der Waals surface area contributed by atoms with Crippen LogP contribution in [0.1, 0.15) is 24.2 Å². The van der Waals surface area contributed by atoms with E-state index in [1.54, 1.807) is 25.4 Å². The maximum atomic E-state index is 12.4. The van der Waals surface area contributed by atoms with Crippen molar-refractivity contribution in [3.8, 4) is 0 Å². The molecule has 0 radical (unpaired) electrons. The number of ether oxygens (including phenoxy) is 1. The van der Waals surface area contributed by atoms with Crippen molar-refractivity contribution in [1.82, 2.24) is 14.9 Å². The van der Waals surface area contributed by atoms with Gasteiger partial charge in [-0.05, 0) is 32.0 Å². The molecule has 0 aromatic carbocycles. The minimum absolute atomic E-state index is 0.125. The van der Waals surface area contributed by atoms with E-state index < -0.39 is 5.91 Å². The lowest BCUT2D eigenvalue weighted by molar-refractivity contribution is 0.0903. The molecular formula is C15H19N3O3. The molecule has 0 saturated heterocycles. The number of aromatic nitrogens is 2. The Morgan fingerprint density at radius 3 is 2.95 bits per heavy atom. The number of pyridine rings is 2. The molecule has 2 aromatic heterocycles. The van der Waals surface area contributed by atoms with Crippen LogP contribution in [0, 0.1) is 0 Å². The first-order valence-electron chi connectivity index (χ1n) is 6.86. The molecule has 2 heterocycles. The number of hydrogen-bond donors (Lipinski definition) is 1. The van der Waals surface area contributed by atoms with Gasteiger partial charge in [0.2, 0.25) is 0 Å². The van der Waals surface area contributed by atoms with Crippen LogP contribution in [0.25, 0.3) is 11.0 Å². The summed E-state index contributed by atoms with van der Waals surface area (Å²) >= 11 is 0. The molecule has 0 aliphatic heterocycles. The average molecular weight is 289 g/mol. The zero-order valence-electron chi connectivity index (χ0n) is 12.4. The number of rotatable bonds is 5. The first kappa shape index (κ1) is 15.2. The summed E-state index contributed by atoms with van der Waals surface area (Å²) in [5.74, 6) is -0.391. The molecule has 112 valence electrons. The van der Waals surface area contributed by atoms with Gasteiger partial charge in [0.25, 0.3) is 11.5 Å². The third-order valence-electron chi connectivity index (χ3n) is 3.20. The highest BCUT2D eigenvalue weighted by Gasteiger charge is 2.17. The lowest BCUT2D eigenvalue weighted by atomic mass is 10.2. The minimum Gasteiger partial charge on any atom is -0.383 e. The standard InChI is InChI=1S/C15H19N3O3/c1-4-18-13-11(6-5-7-16-13)8-12(15(18)20)14(19)17-10(2)9-21-3/h5-8,10H,4,9H2,1-3H3,(H,17,19)/t10-/m1/s1. The molecule has 2 aromatic rings. The molecule has 0 saturated carbocycles. The van der Waals surface area contributed by atoms with Gasteiger partial charge in [0.15, 0.2) is 0 Å². The quantitative estimate of drug-likeness (QED) is 0.897. The highest BCUT2D eigenvalue weighted by Crippen LogP contribution is 2.10. The summed E-state index contributed by atoms with van der Waals surface area (Å²) in [6.45, 7) is 4.52. The Balaban J connectivity index is 2.47. The predicted molar refractivity (Wildman–Crippen MR) is 80.5 cm³/mol. The van der Waals surface area contributed by atoms with E-state index in [9.17, 15) is 9.59 Å². The minimum atomic E-state index is -0.391. The second-order valence-corrected chi connectivity index (χ2v) is 4.85. The fourth-order valence-electron chi connectivity index (χ4n) is 2.26. The van der Waals surface area contributed by atoms with Crippen molar-refractivity contribution in [2.24, 2.45) is 0 Å². The van der Waals surface area contributed by atoms with E-state index in [-0.39, 0.29) is 17.2 Å². The molecular weight excluding hydrogens is 270 g/mol. The van der Waals surface area contributed by atoms with Crippen LogP contribution in [-0.2, 0) is 11.3 Å². The SMILES string of the molecule is CCn1c(=O)c(C(=O)N[C@H](C)COC)cc2cccnc21. The van der Waals surface area contributed by atoms with Crippen molar-refractivity contribution < 1.29 is 9.53 Å². The number of amides is 1. The zero-order chi connectivity index (χ0) is 15.4. The molecule has 0 fully saturated rings. The number of hydrogen-bond acceptors (Lipinski definition) is 4. The van der Waals surface area contributed by atoms with E-state index in [0.717, 1.165) is 5.39 Å². The van der Waals surface area contributed by atoms with Crippen LogP contribution < -0.4 is 10.9 Å². The van der Waals surface area contributed by atoms with Crippen LogP contribution in [0.3, 0.4) is 0 Å². The Kier molecular flexibility index (Phi) is 4.70. The molecule has 6 heteroatoms. The van der Waals surface area contributed by atoms with E-state index in [2.05, 4.69) is 10.3 Å². The molecule has 0 aliphatic rings. The van der Waals surface area contributed by atoms with E-state index >= 15 is 0 Å². The average Bonchev–Trinajstić information content (AvgIpc) is 2.46. The highest BCUT2D eigenvalue weighted by molar-refractivity contribution is 5.97. The normalized spacial score (nSPS) is 12.3. The number of fused-ring (bicyclic) bond motifs is 1. The molecule has 0 unspecified atom stereocenters. The lowest BCUT2D eigenvalue weighted by Gasteiger charge is -2.14. The van der Waals surface area contributed by atoms with E-state index in [1.165, 1.54) is 4.57 Å². The Bertz CT molecular complexity index is 709. The smallest absolute Gasteiger partial charge is 0.265 e. The van der Waals surface area contributed by atoms with Crippen molar-refractivity contribution >= 4 is 16.9 Å². The van der Waals surface area contributed by atoms with Gasteiger partial charge >= 0.3 is 0 Å². The van der Waals surface area contributed by atoms with E-state index in [1.807, 2.05) is 19.9 Å². The second kappa shape index (κ2) is 6.49. The van der Waals surface area contributed by atoms with E-state index in [0.29, 0.717) is 18.8 Å². The number of carbonyl (C=O) groups is 1. The van der Waals surface area contributed by atoms with Crippen LogP contribution in [0.4, 0.5) is 0 Å². The molecule has 21 heavy (non-hydrogen) atoms. The van der Waals surface area contributed by atoms with Gasteiger partial charge < -0.3 is 10.1 Å². The molecule has 0 aliphatic carbocycles. The molecule has 0 spiro atoms. The Hall–Kier alpha value is -2.21. The fraction of sp³-hybridized carbons (Fsp3) is 0.400. The van der Waals surface area contributed by atoms with Crippen LogP contribution >= 0.6 is 0 Å². The van der Waals surface area contributed by atoms with Gasteiger partial charge in [-0.25, -0.2) is 4.98 Å². The van der Waals surface area contributed by atoms with Gasteiger partial charge in [0.05, 0.1) is 6.61 Å². The second-order valence-electron chi connectivity index (χ2n) is 4.85. The van der Waals surface area contributed by atoms with Gasteiger partial charge in [0, 0.05) is 31.3 Å². The van der Waals surface area contributed by atoms with Gasteiger partial charge in [-0.2, -0.15) is 0 Å². The summed E-state index contributed by atoms with van der Waals surface area (Å²) < 4.78 is 6.48. The van der Waals surface area contributed by atoms with Crippen molar-refractivity contribution in [3.63, 3.8) is 0 Å². The number of methoxy groups -OCH3 is 1. The topological polar surface area (TPSA) is 73.2 Å². The van der Waals surface area contributed by atoms with Crippen LogP contribution in [0.5, 0.6) is 0 Å².